The van der Waals surface area contributed by atoms with E-state index >= 15 is 0 Å². The van der Waals surface area contributed by atoms with Crippen LogP contribution in [0, 0.1) is 6.92 Å². The van der Waals surface area contributed by atoms with Crippen molar-refractivity contribution in [1.82, 2.24) is 0 Å². The van der Waals surface area contributed by atoms with Crippen LogP contribution in [0.15, 0.2) is 28.7 Å². The van der Waals surface area contributed by atoms with E-state index in [9.17, 15) is 23.4 Å². The van der Waals surface area contributed by atoms with Gasteiger partial charge in [-0.05, 0) is 76.2 Å². The summed E-state index contributed by atoms with van der Waals surface area (Å²) in [6, 6.07) is 5.74. The van der Waals surface area contributed by atoms with Crippen LogP contribution in [0.5, 0.6) is 11.5 Å². The number of benzene rings is 2. The molecule has 178 valence electrons. The minimum absolute atomic E-state index is 0.0322. The molecule has 0 radical (unpaired) electrons. The van der Waals surface area contributed by atoms with Crippen molar-refractivity contribution in [3.63, 3.8) is 0 Å². The Morgan fingerprint density at radius 3 is 1.56 bits per heavy atom. The highest BCUT2D eigenvalue weighted by Gasteiger charge is 2.54. The maximum atomic E-state index is 14.8. The average molecular weight is 515 g/mol. The number of hydrogen-bond donors (Lipinski definition) is 2. The predicted octanol–water partition coefficient (Wildman–Crippen LogP) is 8.41. The van der Waals surface area contributed by atoms with Gasteiger partial charge in [0, 0.05) is 11.1 Å². The van der Waals surface area contributed by atoms with Gasteiger partial charge in [-0.15, -0.1) is 0 Å². The first-order valence-electron chi connectivity index (χ1n) is 10.9. The summed E-state index contributed by atoms with van der Waals surface area (Å²) in [5.74, 6) is -0.00960. The first kappa shape index (κ1) is 26.6. The highest BCUT2D eigenvalue weighted by atomic mass is 79.9. The van der Waals surface area contributed by atoms with Crippen molar-refractivity contribution in [3.8, 4) is 11.5 Å². The third kappa shape index (κ3) is 4.40. The van der Waals surface area contributed by atoms with E-state index in [1.54, 1.807) is 6.92 Å². The molecule has 0 spiro atoms. The van der Waals surface area contributed by atoms with Crippen LogP contribution in [-0.4, -0.2) is 16.4 Å². The Labute approximate surface area is 198 Å². The van der Waals surface area contributed by atoms with Crippen LogP contribution in [-0.2, 0) is 16.2 Å². The van der Waals surface area contributed by atoms with E-state index in [0.29, 0.717) is 29.5 Å². The van der Waals surface area contributed by atoms with Gasteiger partial charge in [-0.2, -0.15) is 13.2 Å². The molecular weight excluding hydrogens is 481 g/mol. The van der Waals surface area contributed by atoms with Crippen LogP contribution >= 0.6 is 15.9 Å². The number of phenols is 2. The van der Waals surface area contributed by atoms with Crippen LogP contribution in [0.4, 0.5) is 13.2 Å². The highest BCUT2D eigenvalue weighted by molar-refractivity contribution is 9.10. The van der Waals surface area contributed by atoms with Crippen molar-refractivity contribution in [2.75, 3.05) is 0 Å². The molecule has 0 aliphatic carbocycles. The lowest BCUT2D eigenvalue weighted by Crippen LogP contribution is -2.41. The van der Waals surface area contributed by atoms with Crippen molar-refractivity contribution < 1.29 is 23.4 Å². The summed E-state index contributed by atoms with van der Waals surface area (Å²) >= 11 is 3.28. The van der Waals surface area contributed by atoms with Crippen molar-refractivity contribution >= 4 is 15.9 Å². The molecule has 2 aromatic carbocycles. The topological polar surface area (TPSA) is 40.5 Å². The van der Waals surface area contributed by atoms with E-state index in [1.165, 1.54) is 31.2 Å². The number of hydrogen-bond acceptors (Lipinski definition) is 2. The fourth-order valence-corrected chi connectivity index (χ4v) is 4.32. The van der Waals surface area contributed by atoms with Gasteiger partial charge in [0.2, 0.25) is 0 Å². The predicted molar refractivity (Wildman–Crippen MR) is 128 cm³/mol. The summed E-state index contributed by atoms with van der Waals surface area (Å²) in [6.45, 7) is 14.3. The molecule has 0 aromatic heterocycles. The van der Waals surface area contributed by atoms with Crippen molar-refractivity contribution in [3.05, 3.63) is 56.6 Å². The highest BCUT2D eigenvalue weighted by Crippen LogP contribution is 2.51. The van der Waals surface area contributed by atoms with E-state index in [4.69, 9.17) is 0 Å². The van der Waals surface area contributed by atoms with Crippen molar-refractivity contribution in [2.45, 2.75) is 90.7 Å². The maximum Gasteiger partial charge on any atom is 0.402 e. The number of aryl methyl sites for hydroxylation is 1. The first-order valence-corrected chi connectivity index (χ1v) is 11.7. The molecule has 1 atom stereocenters. The van der Waals surface area contributed by atoms with Gasteiger partial charge in [0.05, 0.1) is 4.47 Å². The number of aromatic hydroxyl groups is 2. The fraction of sp³-hybridized carbons (Fsp3) is 0.538. The zero-order chi connectivity index (χ0) is 24.9. The Morgan fingerprint density at radius 1 is 0.750 bits per heavy atom. The summed E-state index contributed by atoms with van der Waals surface area (Å²) in [6.07, 6.45) is -3.31. The molecule has 0 saturated carbocycles. The van der Waals surface area contributed by atoms with E-state index in [1.807, 2.05) is 41.5 Å². The van der Waals surface area contributed by atoms with Gasteiger partial charge in [-0.25, -0.2) is 0 Å². The molecular formula is C26H34BrF3O2. The number of phenolic OH excluding ortho intramolecular Hbond substituents is 2. The van der Waals surface area contributed by atoms with Gasteiger partial charge in [-0.3, -0.25) is 0 Å². The minimum Gasteiger partial charge on any atom is -0.507 e. The molecule has 0 heterocycles. The van der Waals surface area contributed by atoms with Crippen LogP contribution in [0.25, 0.3) is 0 Å². The lowest BCUT2D eigenvalue weighted by atomic mass is 9.70. The quantitative estimate of drug-likeness (QED) is 0.406. The Hall–Kier alpha value is -1.69. The number of halogens is 4. The smallest absolute Gasteiger partial charge is 0.402 e. The van der Waals surface area contributed by atoms with Gasteiger partial charge in [0.1, 0.15) is 16.9 Å². The molecule has 2 rings (SSSR count). The summed E-state index contributed by atoms with van der Waals surface area (Å²) in [7, 11) is 0. The number of rotatable bonds is 6. The molecule has 0 amide bonds. The Balaban J connectivity index is 2.96. The van der Waals surface area contributed by atoms with Gasteiger partial charge in [-0.1, -0.05) is 59.7 Å². The molecule has 0 bridgehead atoms. The second kappa shape index (κ2) is 8.58. The summed E-state index contributed by atoms with van der Waals surface area (Å²) in [5, 5.41) is 21.3. The molecule has 0 aliphatic rings. The fourth-order valence-electron chi connectivity index (χ4n) is 3.86. The first-order chi connectivity index (χ1) is 14.4. The molecule has 0 fully saturated rings. The second-order valence-electron chi connectivity index (χ2n) is 10.1. The number of alkyl halides is 3. The van der Waals surface area contributed by atoms with Crippen molar-refractivity contribution in [1.29, 1.82) is 0 Å². The van der Waals surface area contributed by atoms with Crippen LogP contribution in [0.1, 0.15) is 89.1 Å². The van der Waals surface area contributed by atoms with Crippen LogP contribution < -0.4 is 0 Å². The summed E-state index contributed by atoms with van der Waals surface area (Å²) in [5.41, 5.74) is -1.90. The van der Waals surface area contributed by atoms with E-state index < -0.39 is 22.4 Å². The SMILES string of the molecule is CCC(C)(C)c1cc(C(C)(c2cc(Br)c(O)c(C(C)(C)CC)c2)C(F)(F)F)cc(C)c1O. The molecule has 2 N–H and O–H groups in total. The molecule has 2 aromatic rings. The standard InChI is InChI=1S/C26H34BrF3O2/c1-9-23(4,5)18-12-16(11-15(3)21(18)31)25(8,26(28,29)30)17-13-19(24(6,7)10-2)22(32)20(27)14-17/h11-14,31-32H,9-10H2,1-8H3. The molecule has 6 heteroatoms. The van der Waals surface area contributed by atoms with E-state index in [0.717, 1.165) is 0 Å². The normalized spacial score (nSPS) is 15.0. The summed E-state index contributed by atoms with van der Waals surface area (Å²) < 4.78 is 44.7. The Kier molecular flexibility index (Phi) is 7.13. The largest absolute Gasteiger partial charge is 0.507 e. The zero-order valence-electron chi connectivity index (χ0n) is 20.1. The molecule has 0 aliphatic heterocycles. The third-order valence-electron chi connectivity index (χ3n) is 7.31. The third-order valence-corrected chi connectivity index (χ3v) is 7.92. The lowest BCUT2D eigenvalue weighted by Gasteiger charge is -2.37. The van der Waals surface area contributed by atoms with Crippen molar-refractivity contribution in [2.24, 2.45) is 0 Å². The monoisotopic (exact) mass is 514 g/mol. The molecule has 1 unspecified atom stereocenters. The molecule has 0 saturated heterocycles. The molecule has 32 heavy (non-hydrogen) atoms. The van der Waals surface area contributed by atoms with E-state index in [-0.39, 0.29) is 27.1 Å². The van der Waals surface area contributed by atoms with Gasteiger partial charge < -0.3 is 10.2 Å². The maximum absolute atomic E-state index is 14.8. The zero-order valence-corrected chi connectivity index (χ0v) is 21.7. The van der Waals surface area contributed by atoms with Crippen LogP contribution in [0.2, 0.25) is 0 Å². The second-order valence-corrected chi connectivity index (χ2v) is 11.0. The van der Waals surface area contributed by atoms with Gasteiger partial charge in [0.15, 0.2) is 0 Å². The minimum atomic E-state index is -4.62. The van der Waals surface area contributed by atoms with E-state index in [2.05, 4.69) is 15.9 Å². The van der Waals surface area contributed by atoms with Gasteiger partial charge >= 0.3 is 6.18 Å². The van der Waals surface area contributed by atoms with Crippen LogP contribution in [0.3, 0.4) is 0 Å². The lowest BCUT2D eigenvalue weighted by molar-refractivity contribution is -0.173. The summed E-state index contributed by atoms with van der Waals surface area (Å²) in [4.78, 5) is 0. The average Bonchev–Trinajstić information content (AvgIpc) is 2.69. The van der Waals surface area contributed by atoms with Gasteiger partial charge in [0.25, 0.3) is 0 Å². The Bertz CT molecular complexity index is 936. The Morgan fingerprint density at radius 2 is 1.16 bits per heavy atom. The molecule has 2 nitrogen and oxygen atoms in total.